The van der Waals surface area contributed by atoms with Crippen molar-refractivity contribution in [3.05, 3.63) is 35.9 Å². The van der Waals surface area contributed by atoms with Crippen LogP contribution in [0.1, 0.15) is 37.4 Å². The fourth-order valence-electron chi connectivity index (χ4n) is 3.64. The second kappa shape index (κ2) is 8.60. The number of aliphatic hydroxyl groups excluding tert-OH is 1. The molecule has 2 aliphatic rings. The van der Waals surface area contributed by atoms with Crippen LogP contribution in [0.3, 0.4) is 0 Å². The van der Waals surface area contributed by atoms with Gasteiger partial charge in [-0.3, -0.25) is 4.90 Å². The summed E-state index contributed by atoms with van der Waals surface area (Å²) in [6.45, 7) is 4.39. The maximum Gasteiger partial charge on any atom is 0.282 e. The second-order valence-electron chi connectivity index (χ2n) is 6.95. The van der Waals surface area contributed by atoms with Gasteiger partial charge in [0.15, 0.2) is 0 Å². The van der Waals surface area contributed by atoms with Gasteiger partial charge in [-0.25, -0.2) is 0 Å². The molecule has 2 saturated heterocycles. The average Bonchev–Trinajstić information content (AvgIpc) is 2.89. The number of hydrogen-bond donors (Lipinski definition) is 1. The molecule has 3 rings (SSSR count). The quantitative estimate of drug-likeness (QED) is 0.856. The maximum atomic E-state index is 12.8. The van der Waals surface area contributed by atoms with E-state index in [2.05, 4.69) is 4.90 Å². The summed E-state index contributed by atoms with van der Waals surface area (Å²) in [5, 5.41) is 10.4. The highest BCUT2D eigenvalue weighted by Gasteiger charge is 2.32. The van der Waals surface area contributed by atoms with Gasteiger partial charge < -0.3 is 5.11 Å². The predicted molar refractivity (Wildman–Crippen MR) is 98.4 cm³/mol. The predicted octanol–water partition coefficient (Wildman–Crippen LogP) is 1.46. The molecule has 0 aromatic heterocycles. The normalized spacial score (nSPS) is 23.2. The minimum absolute atomic E-state index is 0.500. The molecule has 2 heterocycles. The lowest BCUT2D eigenvalue weighted by atomic mass is 10.1. The van der Waals surface area contributed by atoms with E-state index >= 15 is 0 Å². The van der Waals surface area contributed by atoms with E-state index in [1.165, 1.54) is 0 Å². The van der Waals surface area contributed by atoms with Crippen molar-refractivity contribution in [2.75, 3.05) is 45.8 Å². The van der Waals surface area contributed by atoms with Crippen molar-refractivity contribution in [3.63, 3.8) is 0 Å². The molecule has 140 valence electrons. The Hall–Kier alpha value is -0.990. The highest BCUT2D eigenvalue weighted by atomic mass is 32.2. The van der Waals surface area contributed by atoms with Crippen molar-refractivity contribution >= 4 is 10.2 Å². The summed E-state index contributed by atoms with van der Waals surface area (Å²) in [5.41, 5.74) is 0.907. The summed E-state index contributed by atoms with van der Waals surface area (Å²) >= 11 is 0. The van der Waals surface area contributed by atoms with E-state index < -0.39 is 16.3 Å². The summed E-state index contributed by atoms with van der Waals surface area (Å²) < 4.78 is 28.9. The summed E-state index contributed by atoms with van der Waals surface area (Å²) in [6, 6.07) is 9.64. The van der Waals surface area contributed by atoms with Gasteiger partial charge in [-0.1, -0.05) is 36.8 Å². The highest BCUT2D eigenvalue weighted by molar-refractivity contribution is 7.86. The van der Waals surface area contributed by atoms with Gasteiger partial charge in [-0.2, -0.15) is 17.0 Å². The largest absolute Gasteiger partial charge is 0.387 e. The highest BCUT2D eigenvalue weighted by Crippen LogP contribution is 2.19. The van der Waals surface area contributed by atoms with Crippen molar-refractivity contribution in [1.82, 2.24) is 13.5 Å². The smallest absolute Gasteiger partial charge is 0.282 e. The Bertz CT molecular complexity index is 632. The first-order chi connectivity index (χ1) is 12.1. The zero-order valence-corrected chi connectivity index (χ0v) is 15.6. The lowest BCUT2D eigenvalue weighted by Gasteiger charge is -2.31. The van der Waals surface area contributed by atoms with Gasteiger partial charge in [0, 0.05) is 39.3 Å². The SMILES string of the molecule is O=S(=O)(N1CCCCC1)N1CCCN(C[C@H](O)c2ccccc2)CC1. The average molecular weight is 368 g/mol. The molecular formula is C18H29N3O3S. The first-order valence-electron chi connectivity index (χ1n) is 9.28. The standard InChI is InChI=1S/C18H29N3O3S/c22-18(17-8-3-1-4-9-17)16-19-10-7-13-21(15-14-19)25(23,24)20-11-5-2-6-12-20/h1,3-4,8-9,18,22H,2,5-7,10-16H2/t18-/m0/s1. The number of nitrogens with zero attached hydrogens (tertiary/aromatic N) is 3. The van der Waals surface area contributed by atoms with E-state index in [-0.39, 0.29) is 0 Å². The number of β-amino-alcohol motifs (C(OH)–C–C–N with tert-alkyl or cyclic N) is 1. The Morgan fingerprint density at radius 1 is 0.840 bits per heavy atom. The van der Waals surface area contributed by atoms with Crippen LogP contribution >= 0.6 is 0 Å². The fourth-order valence-corrected chi connectivity index (χ4v) is 5.36. The zero-order chi connectivity index (χ0) is 17.7. The molecule has 2 aliphatic heterocycles. The number of hydrogen-bond acceptors (Lipinski definition) is 4. The van der Waals surface area contributed by atoms with E-state index in [1.54, 1.807) is 8.61 Å². The molecule has 1 atom stereocenters. The first-order valence-corrected chi connectivity index (χ1v) is 10.7. The van der Waals surface area contributed by atoms with Gasteiger partial charge in [0.05, 0.1) is 6.10 Å². The monoisotopic (exact) mass is 367 g/mol. The summed E-state index contributed by atoms with van der Waals surface area (Å²) in [7, 11) is -3.33. The van der Waals surface area contributed by atoms with Crippen LogP contribution in [0.15, 0.2) is 30.3 Å². The Kier molecular flexibility index (Phi) is 6.46. The van der Waals surface area contributed by atoms with E-state index in [1.807, 2.05) is 30.3 Å². The molecule has 0 radical (unpaired) electrons. The van der Waals surface area contributed by atoms with Crippen LogP contribution in [0.4, 0.5) is 0 Å². The maximum absolute atomic E-state index is 12.8. The lowest BCUT2D eigenvalue weighted by Crippen LogP contribution is -2.47. The van der Waals surface area contributed by atoms with E-state index in [0.29, 0.717) is 39.3 Å². The number of aliphatic hydroxyl groups is 1. The van der Waals surface area contributed by atoms with Gasteiger partial charge in [0.1, 0.15) is 0 Å². The summed E-state index contributed by atoms with van der Waals surface area (Å²) in [5.74, 6) is 0. The summed E-state index contributed by atoms with van der Waals surface area (Å²) in [4.78, 5) is 2.17. The van der Waals surface area contributed by atoms with Crippen LogP contribution < -0.4 is 0 Å². The molecule has 0 unspecified atom stereocenters. The Morgan fingerprint density at radius 2 is 1.48 bits per heavy atom. The molecule has 2 fully saturated rings. The van der Waals surface area contributed by atoms with Crippen molar-refractivity contribution < 1.29 is 13.5 Å². The topological polar surface area (TPSA) is 64.1 Å². The van der Waals surface area contributed by atoms with Crippen molar-refractivity contribution in [1.29, 1.82) is 0 Å². The Balaban J connectivity index is 1.57. The molecule has 0 aliphatic carbocycles. The van der Waals surface area contributed by atoms with Crippen LogP contribution in [0.25, 0.3) is 0 Å². The zero-order valence-electron chi connectivity index (χ0n) is 14.8. The van der Waals surface area contributed by atoms with Crippen molar-refractivity contribution in [2.45, 2.75) is 31.8 Å². The molecule has 0 amide bonds. The minimum atomic E-state index is -3.33. The fraction of sp³-hybridized carbons (Fsp3) is 0.667. The molecule has 0 saturated carbocycles. The molecule has 6 nitrogen and oxygen atoms in total. The van der Waals surface area contributed by atoms with Gasteiger partial charge in [-0.15, -0.1) is 0 Å². The molecule has 25 heavy (non-hydrogen) atoms. The molecule has 1 aromatic carbocycles. The number of rotatable bonds is 5. The first kappa shape index (κ1) is 18.8. The third-order valence-corrected chi connectivity index (χ3v) is 7.17. The Morgan fingerprint density at radius 3 is 2.20 bits per heavy atom. The van der Waals surface area contributed by atoms with Gasteiger partial charge in [0.2, 0.25) is 0 Å². The summed E-state index contributed by atoms with van der Waals surface area (Å²) in [6.07, 6.45) is 3.31. The molecule has 1 N–H and O–H groups in total. The molecule has 1 aromatic rings. The third kappa shape index (κ3) is 4.80. The number of benzene rings is 1. The van der Waals surface area contributed by atoms with Crippen molar-refractivity contribution in [2.24, 2.45) is 0 Å². The van der Waals surface area contributed by atoms with Gasteiger partial charge in [-0.05, 0) is 31.4 Å². The van der Waals surface area contributed by atoms with Gasteiger partial charge >= 0.3 is 0 Å². The van der Waals surface area contributed by atoms with Crippen LogP contribution in [-0.4, -0.2) is 72.8 Å². The van der Waals surface area contributed by atoms with E-state index in [9.17, 15) is 13.5 Å². The molecule has 7 heteroatoms. The molecule has 0 bridgehead atoms. The van der Waals surface area contributed by atoms with Crippen LogP contribution in [0, 0.1) is 0 Å². The Labute approximate surface area is 151 Å². The van der Waals surface area contributed by atoms with Gasteiger partial charge in [0.25, 0.3) is 10.2 Å². The van der Waals surface area contributed by atoms with Crippen molar-refractivity contribution in [3.8, 4) is 0 Å². The number of piperidine rings is 1. The third-order valence-electron chi connectivity index (χ3n) is 5.13. The van der Waals surface area contributed by atoms with E-state index in [4.69, 9.17) is 0 Å². The van der Waals surface area contributed by atoms with E-state index in [0.717, 1.165) is 37.8 Å². The molecular weight excluding hydrogens is 338 g/mol. The minimum Gasteiger partial charge on any atom is -0.387 e. The van der Waals surface area contributed by atoms with Crippen LogP contribution in [0.2, 0.25) is 0 Å². The lowest BCUT2D eigenvalue weighted by molar-refractivity contribution is 0.116. The molecule has 0 spiro atoms. The second-order valence-corrected chi connectivity index (χ2v) is 8.88. The van der Waals surface area contributed by atoms with Crippen LogP contribution in [-0.2, 0) is 10.2 Å². The van der Waals surface area contributed by atoms with Crippen LogP contribution in [0.5, 0.6) is 0 Å².